The van der Waals surface area contributed by atoms with Crippen molar-refractivity contribution in [3.8, 4) is 0 Å². The second-order valence-electron chi connectivity index (χ2n) is 7.14. The van der Waals surface area contributed by atoms with E-state index in [0.717, 1.165) is 18.4 Å². The van der Waals surface area contributed by atoms with Crippen LogP contribution in [0, 0.1) is 0 Å². The molecule has 0 amide bonds. The van der Waals surface area contributed by atoms with Crippen LogP contribution in [-0.4, -0.2) is 35.6 Å². The molecule has 0 bridgehead atoms. The van der Waals surface area contributed by atoms with Crippen molar-refractivity contribution in [1.29, 1.82) is 0 Å². The molecular weight excluding hydrogens is 326 g/mol. The summed E-state index contributed by atoms with van der Waals surface area (Å²) < 4.78 is 6.56. The number of hydrogen-bond donors (Lipinski definition) is 1. The summed E-state index contributed by atoms with van der Waals surface area (Å²) in [6.45, 7) is 4.53. The molecule has 1 heterocycles. The monoisotopic (exact) mass is 353 g/mol. The summed E-state index contributed by atoms with van der Waals surface area (Å²) in [5.74, 6) is -0.790. The highest BCUT2D eigenvalue weighted by atomic mass is 16.5. The van der Waals surface area contributed by atoms with Crippen LogP contribution in [0.1, 0.15) is 49.5 Å². The molecule has 26 heavy (non-hydrogen) atoms. The summed E-state index contributed by atoms with van der Waals surface area (Å²) in [4.78, 5) is 13.1. The predicted molar refractivity (Wildman–Crippen MR) is 102 cm³/mol. The third-order valence-electron chi connectivity index (χ3n) is 5.51. The van der Waals surface area contributed by atoms with Crippen molar-refractivity contribution in [3.05, 3.63) is 71.3 Å². The Kier molecular flexibility index (Phi) is 5.44. The Balaban J connectivity index is 1.87. The maximum atomic E-state index is 11.2. The summed E-state index contributed by atoms with van der Waals surface area (Å²) in [6.07, 6.45) is 1.71. The lowest BCUT2D eigenvalue weighted by Gasteiger charge is -2.32. The van der Waals surface area contributed by atoms with Crippen LogP contribution < -0.4 is 0 Å². The molecule has 138 valence electrons. The molecular formula is C22H27NO3. The zero-order valence-electron chi connectivity index (χ0n) is 15.7. The van der Waals surface area contributed by atoms with Crippen molar-refractivity contribution in [3.63, 3.8) is 0 Å². The first-order valence-electron chi connectivity index (χ1n) is 9.21. The molecule has 0 saturated heterocycles. The molecule has 0 radical (unpaired) electrons. The van der Waals surface area contributed by atoms with E-state index in [1.165, 1.54) is 11.1 Å². The molecule has 0 spiro atoms. The average Bonchev–Trinajstić information content (AvgIpc) is 2.95. The maximum absolute atomic E-state index is 11.2. The lowest BCUT2D eigenvalue weighted by molar-refractivity contribution is -0.142. The smallest absolute Gasteiger partial charge is 0.320 e. The number of benzene rings is 2. The molecule has 2 aromatic carbocycles. The molecule has 2 aromatic rings. The van der Waals surface area contributed by atoms with Crippen LogP contribution in [0.4, 0.5) is 0 Å². The number of ether oxygens (including phenoxy) is 1. The molecule has 0 aromatic heterocycles. The van der Waals surface area contributed by atoms with Crippen molar-refractivity contribution in [1.82, 2.24) is 4.90 Å². The number of carboxylic acid groups (broad SMARTS) is 1. The third kappa shape index (κ3) is 3.39. The number of nitrogens with zero attached hydrogens (tertiary/aromatic N) is 1. The van der Waals surface area contributed by atoms with Gasteiger partial charge in [-0.05, 0) is 57.0 Å². The molecule has 3 atom stereocenters. The third-order valence-corrected chi connectivity index (χ3v) is 5.51. The lowest BCUT2D eigenvalue weighted by atomic mass is 9.81. The van der Waals surface area contributed by atoms with E-state index in [1.54, 1.807) is 6.92 Å². The van der Waals surface area contributed by atoms with Crippen LogP contribution in [0.3, 0.4) is 0 Å². The van der Waals surface area contributed by atoms with Gasteiger partial charge in [-0.15, -0.1) is 0 Å². The van der Waals surface area contributed by atoms with Crippen molar-refractivity contribution >= 4 is 5.97 Å². The first-order valence-corrected chi connectivity index (χ1v) is 9.21. The first-order chi connectivity index (χ1) is 12.5. The Morgan fingerprint density at radius 2 is 1.85 bits per heavy atom. The number of aliphatic carboxylic acids is 1. The van der Waals surface area contributed by atoms with Gasteiger partial charge in [0.15, 0.2) is 0 Å². The molecule has 4 heteroatoms. The molecule has 0 aliphatic carbocycles. The fraction of sp³-hybridized carbons (Fsp3) is 0.409. The summed E-state index contributed by atoms with van der Waals surface area (Å²) in [5, 5.41) is 9.19. The van der Waals surface area contributed by atoms with Gasteiger partial charge in [0.25, 0.3) is 0 Å². The molecule has 1 N–H and O–H groups in total. The topological polar surface area (TPSA) is 49.8 Å². The van der Waals surface area contributed by atoms with Crippen molar-refractivity contribution < 1.29 is 14.6 Å². The second kappa shape index (κ2) is 7.60. The fourth-order valence-electron chi connectivity index (χ4n) is 3.88. The van der Waals surface area contributed by atoms with Gasteiger partial charge in [-0.2, -0.15) is 0 Å². The van der Waals surface area contributed by atoms with Crippen LogP contribution in [0.15, 0.2) is 54.6 Å². The van der Waals surface area contributed by atoms with Crippen molar-refractivity contribution in [2.45, 2.75) is 44.4 Å². The van der Waals surface area contributed by atoms with E-state index in [9.17, 15) is 9.90 Å². The van der Waals surface area contributed by atoms with Crippen LogP contribution in [0.2, 0.25) is 0 Å². The molecule has 1 aliphatic heterocycles. The Hall–Kier alpha value is -2.17. The minimum Gasteiger partial charge on any atom is -0.480 e. The maximum Gasteiger partial charge on any atom is 0.320 e. The molecule has 1 aliphatic rings. The quantitative estimate of drug-likeness (QED) is 0.810. The molecule has 4 nitrogen and oxygen atoms in total. The van der Waals surface area contributed by atoms with E-state index in [4.69, 9.17) is 4.74 Å². The minimum atomic E-state index is -0.790. The van der Waals surface area contributed by atoms with Gasteiger partial charge in [0, 0.05) is 0 Å². The molecule has 3 rings (SSSR count). The number of hydrogen-bond acceptors (Lipinski definition) is 3. The SMILES string of the molecule is CC1OC(CCCN(C)C(C)C(=O)O)(c2ccccc2)c2ccccc21. The van der Waals surface area contributed by atoms with Gasteiger partial charge in [0.2, 0.25) is 0 Å². The van der Waals surface area contributed by atoms with Crippen LogP contribution in [0.5, 0.6) is 0 Å². The number of fused-ring (bicyclic) bond motifs is 1. The standard InChI is InChI=1S/C22H27NO3/c1-16(21(24)25)23(3)15-9-14-22(18-10-5-4-6-11-18)20-13-8-7-12-19(20)17(2)26-22/h4-8,10-13,16-17H,9,14-15H2,1-3H3,(H,24,25). The zero-order chi connectivity index (χ0) is 18.7. The van der Waals surface area contributed by atoms with Gasteiger partial charge >= 0.3 is 5.97 Å². The molecule has 0 fully saturated rings. The van der Waals surface area contributed by atoms with E-state index in [0.29, 0.717) is 6.54 Å². The van der Waals surface area contributed by atoms with Crippen LogP contribution >= 0.6 is 0 Å². The highest BCUT2D eigenvalue weighted by molar-refractivity contribution is 5.72. The van der Waals surface area contributed by atoms with Gasteiger partial charge in [-0.1, -0.05) is 54.6 Å². The summed E-state index contributed by atoms with van der Waals surface area (Å²) in [7, 11) is 1.86. The van der Waals surface area contributed by atoms with E-state index >= 15 is 0 Å². The minimum absolute atomic E-state index is 0.0436. The van der Waals surface area contributed by atoms with E-state index < -0.39 is 17.6 Å². The predicted octanol–water partition coefficient (Wildman–Crippen LogP) is 4.21. The van der Waals surface area contributed by atoms with E-state index in [2.05, 4.69) is 43.3 Å². The lowest BCUT2D eigenvalue weighted by Crippen LogP contribution is -2.37. The fourth-order valence-corrected chi connectivity index (χ4v) is 3.88. The van der Waals surface area contributed by atoms with Gasteiger partial charge in [0.1, 0.15) is 11.6 Å². The van der Waals surface area contributed by atoms with E-state index in [1.807, 2.05) is 30.1 Å². The van der Waals surface area contributed by atoms with Gasteiger partial charge in [-0.25, -0.2) is 0 Å². The summed E-state index contributed by atoms with van der Waals surface area (Å²) >= 11 is 0. The molecule has 3 unspecified atom stereocenters. The van der Waals surface area contributed by atoms with Crippen molar-refractivity contribution in [2.75, 3.05) is 13.6 Å². The second-order valence-corrected chi connectivity index (χ2v) is 7.14. The van der Waals surface area contributed by atoms with Gasteiger partial charge in [-0.3, -0.25) is 9.69 Å². The van der Waals surface area contributed by atoms with Gasteiger partial charge < -0.3 is 9.84 Å². The largest absolute Gasteiger partial charge is 0.480 e. The van der Waals surface area contributed by atoms with Crippen LogP contribution in [0.25, 0.3) is 0 Å². The van der Waals surface area contributed by atoms with Gasteiger partial charge in [0.05, 0.1) is 6.10 Å². The van der Waals surface area contributed by atoms with Crippen LogP contribution in [-0.2, 0) is 15.1 Å². The Morgan fingerprint density at radius 1 is 1.19 bits per heavy atom. The van der Waals surface area contributed by atoms with Crippen molar-refractivity contribution in [2.24, 2.45) is 0 Å². The Bertz CT molecular complexity index is 761. The Morgan fingerprint density at radius 3 is 2.54 bits per heavy atom. The first kappa shape index (κ1) is 18.6. The molecule has 0 saturated carbocycles. The summed E-state index contributed by atoms with van der Waals surface area (Å²) in [5.41, 5.74) is 3.16. The Labute approximate surface area is 155 Å². The highest BCUT2D eigenvalue weighted by Gasteiger charge is 2.44. The number of likely N-dealkylation sites (N-methyl/N-ethyl adjacent to an activating group) is 1. The zero-order valence-corrected chi connectivity index (χ0v) is 15.7. The normalized spacial score (nSPS) is 23.0. The highest BCUT2D eigenvalue weighted by Crippen LogP contribution is 2.49. The number of carboxylic acids is 1. The number of carbonyl (C=O) groups is 1. The van der Waals surface area contributed by atoms with E-state index in [-0.39, 0.29) is 6.10 Å². The summed E-state index contributed by atoms with van der Waals surface area (Å²) in [6, 6.07) is 18.3. The average molecular weight is 353 g/mol. The number of rotatable bonds is 7.